The van der Waals surface area contributed by atoms with E-state index in [1.807, 2.05) is 0 Å². The number of aromatic nitrogens is 4. The van der Waals surface area contributed by atoms with Gasteiger partial charge in [0.15, 0.2) is 11.5 Å². The number of ether oxygens (including phenoxy) is 3. The lowest BCUT2D eigenvalue weighted by atomic mass is 10.2. The predicted molar refractivity (Wildman–Crippen MR) is 106 cm³/mol. The van der Waals surface area contributed by atoms with Crippen molar-refractivity contribution < 1.29 is 19.0 Å². The molecule has 0 aliphatic carbocycles. The standard InChI is InChI=1S/C21H15N5O4/c27-21(14-1-6-17-18(9-14)29-13-28-17)25-15-2-4-16(5-3-15)30-20-10-19(23-11-24-20)26-8-7-22-12-26/h1-12H,13H2,(H,25,27). The fourth-order valence-electron chi connectivity index (χ4n) is 2.89. The van der Waals surface area contributed by atoms with E-state index in [1.165, 1.54) is 6.33 Å². The molecule has 0 saturated heterocycles. The molecule has 1 amide bonds. The van der Waals surface area contributed by atoms with Gasteiger partial charge in [0.25, 0.3) is 5.91 Å². The van der Waals surface area contributed by atoms with Crippen molar-refractivity contribution in [2.75, 3.05) is 12.1 Å². The first-order valence-corrected chi connectivity index (χ1v) is 9.04. The second-order valence-electron chi connectivity index (χ2n) is 6.33. The molecule has 2 aromatic carbocycles. The first-order valence-electron chi connectivity index (χ1n) is 9.04. The molecule has 1 N–H and O–H groups in total. The van der Waals surface area contributed by atoms with Crippen LogP contribution in [0.4, 0.5) is 5.69 Å². The van der Waals surface area contributed by atoms with Crippen LogP contribution in [0.1, 0.15) is 10.4 Å². The molecule has 9 nitrogen and oxygen atoms in total. The fraction of sp³-hybridized carbons (Fsp3) is 0.0476. The van der Waals surface area contributed by atoms with Crippen LogP contribution in [-0.2, 0) is 0 Å². The Hall–Kier alpha value is -4.40. The average molecular weight is 401 g/mol. The van der Waals surface area contributed by atoms with Crippen LogP contribution >= 0.6 is 0 Å². The lowest BCUT2D eigenvalue weighted by Gasteiger charge is -2.09. The SMILES string of the molecule is O=C(Nc1ccc(Oc2cc(-n3ccnc3)ncn2)cc1)c1ccc2c(c1)OCO2. The summed E-state index contributed by atoms with van der Waals surface area (Å²) in [5, 5.41) is 2.84. The smallest absolute Gasteiger partial charge is 0.255 e. The van der Waals surface area contributed by atoms with E-state index in [-0.39, 0.29) is 12.7 Å². The minimum absolute atomic E-state index is 0.165. The highest BCUT2D eigenvalue weighted by Crippen LogP contribution is 2.32. The molecule has 148 valence electrons. The summed E-state index contributed by atoms with van der Waals surface area (Å²) in [7, 11) is 0. The first kappa shape index (κ1) is 17.7. The molecule has 1 aliphatic heterocycles. The molecule has 2 aromatic heterocycles. The lowest BCUT2D eigenvalue weighted by Crippen LogP contribution is -2.11. The zero-order chi connectivity index (χ0) is 20.3. The normalized spacial score (nSPS) is 11.9. The number of carbonyl (C=O) groups excluding carboxylic acids is 1. The summed E-state index contributed by atoms with van der Waals surface area (Å²) >= 11 is 0. The maximum atomic E-state index is 12.5. The molecule has 4 aromatic rings. The molecule has 0 atom stereocenters. The topological polar surface area (TPSA) is 100 Å². The number of anilines is 1. The lowest BCUT2D eigenvalue weighted by molar-refractivity contribution is 0.102. The number of nitrogens with zero attached hydrogens (tertiary/aromatic N) is 4. The van der Waals surface area contributed by atoms with Crippen molar-refractivity contribution in [2.45, 2.75) is 0 Å². The largest absolute Gasteiger partial charge is 0.454 e. The first-order chi connectivity index (χ1) is 14.7. The van der Waals surface area contributed by atoms with Crippen LogP contribution in [0.2, 0.25) is 0 Å². The number of amides is 1. The van der Waals surface area contributed by atoms with Crippen LogP contribution in [0, 0.1) is 0 Å². The summed E-state index contributed by atoms with van der Waals surface area (Å²) < 4.78 is 18.1. The van der Waals surface area contributed by atoms with Gasteiger partial charge in [-0.25, -0.2) is 15.0 Å². The van der Waals surface area contributed by atoms with Gasteiger partial charge in [0.2, 0.25) is 12.7 Å². The number of nitrogens with one attached hydrogen (secondary N) is 1. The van der Waals surface area contributed by atoms with Crippen molar-refractivity contribution in [2.24, 2.45) is 0 Å². The molecule has 0 unspecified atom stereocenters. The van der Waals surface area contributed by atoms with E-state index in [0.29, 0.717) is 40.2 Å². The van der Waals surface area contributed by atoms with Gasteiger partial charge in [0.1, 0.15) is 24.2 Å². The molecule has 1 aliphatic rings. The number of fused-ring (bicyclic) bond motifs is 1. The number of carbonyl (C=O) groups is 1. The maximum Gasteiger partial charge on any atom is 0.255 e. The van der Waals surface area contributed by atoms with Gasteiger partial charge in [-0.3, -0.25) is 9.36 Å². The zero-order valence-electron chi connectivity index (χ0n) is 15.6. The third-order valence-corrected chi connectivity index (χ3v) is 4.37. The highest BCUT2D eigenvalue weighted by Gasteiger charge is 2.16. The Kier molecular flexibility index (Phi) is 4.45. The molecule has 0 radical (unpaired) electrons. The monoisotopic (exact) mass is 401 g/mol. The number of hydrogen-bond acceptors (Lipinski definition) is 7. The molecular weight excluding hydrogens is 386 g/mol. The second-order valence-corrected chi connectivity index (χ2v) is 6.33. The van der Waals surface area contributed by atoms with E-state index in [9.17, 15) is 4.79 Å². The Labute approximate surface area is 170 Å². The van der Waals surface area contributed by atoms with Crippen molar-refractivity contribution in [1.29, 1.82) is 0 Å². The third kappa shape index (κ3) is 3.63. The summed E-state index contributed by atoms with van der Waals surface area (Å²) in [4.78, 5) is 24.8. The highest BCUT2D eigenvalue weighted by molar-refractivity contribution is 6.04. The van der Waals surface area contributed by atoms with Gasteiger partial charge in [-0.2, -0.15) is 0 Å². The van der Waals surface area contributed by atoms with Gasteiger partial charge in [0.05, 0.1) is 0 Å². The van der Waals surface area contributed by atoms with Crippen molar-refractivity contribution in [3.05, 3.63) is 79.1 Å². The number of benzene rings is 2. The van der Waals surface area contributed by atoms with E-state index >= 15 is 0 Å². The Morgan fingerprint density at radius 1 is 1.03 bits per heavy atom. The van der Waals surface area contributed by atoms with Crippen LogP contribution in [0.5, 0.6) is 23.1 Å². The molecule has 0 fully saturated rings. The maximum absolute atomic E-state index is 12.5. The van der Waals surface area contributed by atoms with Gasteiger partial charge in [0, 0.05) is 29.7 Å². The molecule has 0 saturated carbocycles. The van der Waals surface area contributed by atoms with Crippen molar-refractivity contribution in [1.82, 2.24) is 19.5 Å². The quantitative estimate of drug-likeness (QED) is 0.547. The van der Waals surface area contributed by atoms with Crippen LogP contribution in [0.15, 0.2) is 73.6 Å². The molecular formula is C21H15N5O4. The molecule has 3 heterocycles. The van der Waals surface area contributed by atoms with Gasteiger partial charge in [-0.1, -0.05) is 0 Å². The summed E-state index contributed by atoms with van der Waals surface area (Å²) in [5.74, 6) is 2.56. The van der Waals surface area contributed by atoms with E-state index < -0.39 is 0 Å². The molecule has 0 spiro atoms. The van der Waals surface area contributed by atoms with E-state index in [0.717, 1.165) is 0 Å². The van der Waals surface area contributed by atoms with Crippen molar-refractivity contribution in [3.63, 3.8) is 0 Å². The van der Waals surface area contributed by atoms with E-state index in [1.54, 1.807) is 71.8 Å². The summed E-state index contributed by atoms with van der Waals surface area (Å²) in [5.41, 5.74) is 1.11. The Bertz CT molecular complexity index is 1190. The Morgan fingerprint density at radius 3 is 2.73 bits per heavy atom. The minimum atomic E-state index is -0.247. The number of hydrogen-bond donors (Lipinski definition) is 1. The molecule has 30 heavy (non-hydrogen) atoms. The molecule has 0 bridgehead atoms. The Morgan fingerprint density at radius 2 is 1.90 bits per heavy atom. The molecule has 5 rings (SSSR count). The van der Waals surface area contributed by atoms with Crippen LogP contribution < -0.4 is 19.5 Å². The predicted octanol–water partition coefficient (Wildman–Crippen LogP) is 3.44. The highest BCUT2D eigenvalue weighted by atomic mass is 16.7. The van der Waals surface area contributed by atoms with Gasteiger partial charge in [-0.05, 0) is 42.5 Å². The summed E-state index contributed by atoms with van der Waals surface area (Å²) in [6.07, 6.45) is 6.51. The van der Waals surface area contributed by atoms with Crippen molar-refractivity contribution >= 4 is 11.6 Å². The van der Waals surface area contributed by atoms with Gasteiger partial charge in [-0.15, -0.1) is 0 Å². The fourth-order valence-corrected chi connectivity index (χ4v) is 2.89. The van der Waals surface area contributed by atoms with Crippen LogP contribution in [-0.4, -0.2) is 32.2 Å². The number of rotatable bonds is 5. The van der Waals surface area contributed by atoms with E-state index in [4.69, 9.17) is 14.2 Å². The van der Waals surface area contributed by atoms with Crippen LogP contribution in [0.25, 0.3) is 5.82 Å². The second kappa shape index (κ2) is 7.55. The van der Waals surface area contributed by atoms with Crippen molar-refractivity contribution in [3.8, 4) is 28.9 Å². The van der Waals surface area contributed by atoms with E-state index in [2.05, 4.69) is 20.3 Å². The summed E-state index contributed by atoms with van der Waals surface area (Å²) in [6, 6.07) is 13.7. The van der Waals surface area contributed by atoms with Crippen LogP contribution in [0.3, 0.4) is 0 Å². The Balaban J connectivity index is 1.26. The zero-order valence-corrected chi connectivity index (χ0v) is 15.6. The minimum Gasteiger partial charge on any atom is -0.454 e. The number of imidazole rings is 1. The molecule has 9 heteroatoms. The van der Waals surface area contributed by atoms with Gasteiger partial charge >= 0.3 is 0 Å². The van der Waals surface area contributed by atoms with Gasteiger partial charge < -0.3 is 19.5 Å². The summed E-state index contributed by atoms with van der Waals surface area (Å²) in [6.45, 7) is 0.165. The third-order valence-electron chi connectivity index (χ3n) is 4.37. The average Bonchev–Trinajstić information content (AvgIpc) is 3.47.